The van der Waals surface area contributed by atoms with Crippen LogP contribution in [0.4, 0.5) is 11.4 Å². The molecule has 0 aliphatic carbocycles. The third-order valence-electron chi connectivity index (χ3n) is 3.68. The molecule has 7 nitrogen and oxygen atoms in total. The highest BCUT2D eigenvalue weighted by Gasteiger charge is 2.26. The lowest BCUT2D eigenvalue weighted by Gasteiger charge is -2.33. The minimum Gasteiger partial charge on any atom is -0.364 e. The number of benzene rings is 1. The van der Waals surface area contributed by atoms with Gasteiger partial charge in [0.2, 0.25) is 0 Å². The zero-order valence-electron chi connectivity index (χ0n) is 11.2. The SMILES string of the molecule is O=[N+]([O-])c1cc(Cl)ccc1N1CCCC(n2cncn2)C1. The van der Waals surface area contributed by atoms with Crippen LogP contribution in [0.2, 0.25) is 5.02 Å². The van der Waals surface area contributed by atoms with E-state index in [-0.39, 0.29) is 16.7 Å². The first-order valence-electron chi connectivity index (χ1n) is 6.68. The fourth-order valence-electron chi connectivity index (χ4n) is 2.71. The van der Waals surface area contributed by atoms with Gasteiger partial charge in [0.05, 0.1) is 11.0 Å². The van der Waals surface area contributed by atoms with Gasteiger partial charge < -0.3 is 4.90 Å². The van der Waals surface area contributed by atoms with E-state index in [0.717, 1.165) is 19.4 Å². The molecule has 2 heterocycles. The van der Waals surface area contributed by atoms with Crippen LogP contribution in [-0.4, -0.2) is 32.8 Å². The summed E-state index contributed by atoms with van der Waals surface area (Å²) in [6, 6.07) is 4.97. The van der Waals surface area contributed by atoms with Crippen molar-refractivity contribution in [1.82, 2.24) is 14.8 Å². The summed E-state index contributed by atoms with van der Waals surface area (Å²) in [4.78, 5) is 16.8. The number of nitro groups is 1. The highest BCUT2D eigenvalue weighted by atomic mass is 35.5. The third kappa shape index (κ3) is 2.82. The second kappa shape index (κ2) is 5.69. The minimum absolute atomic E-state index is 0.0433. The molecule has 21 heavy (non-hydrogen) atoms. The molecule has 1 atom stereocenters. The van der Waals surface area contributed by atoms with E-state index in [2.05, 4.69) is 10.1 Å². The molecule has 1 aliphatic rings. The molecule has 2 aromatic rings. The van der Waals surface area contributed by atoms with Crippen LogP contribution in [0.5, 0.6) is 0 Å². The topological polar surface area (TPSA) is 77.1 Å². The van der Waals surface area contributed by atoms with E-state index in [9.17, 15) is 10.1 Å². The number of nitro benzene ring substituents is 1. The lowest BCUT2D eigenvalue weighted by molar-refractivity contribution is -0.384. The molecule has 1 aromatic carbocycles. The van der Waals surface area contributed by atoms with Crippen molar-refractivity contribution in [1.29, 1.82) is 0 Å². The standard InChI is InChI=1S/C13H14ClN5O2/c14-10-3-4-12(13(6-10)19(20)21)17-5-1-2-11(7-17)18-9-15-8-16-18/h3-4,6,8-9,11H,1-2,5,7H2. The molecule has 8 heteroatoms. The quantitative estimate of drug-likeness (QED) is 0.643. The van der Waals surface area contributed by atoms with Crippen molar-refractivity contribution < 1.29 is 4.92 Å². The largest absolute Gasteiger partial charge is 0.364 e. The number of hydrogen-bond acceptors (Lipinski definition) is 5. The zero-order chi connectivity index (χ0) is 14.8. The van der Waals surface area contributed by atoms with E-state index >= 15 is 0 Å². The number of hydrogen-bond donors (Lipinski definition) is 0. The van der Waals surface area contributed by atoms with Gasteiger partial charge in [-0.15, -0.1) is 0 Å². The molecular weight excluding hydrogens is 294 g/mol. The summed E-state index contributed by atoms with van der Waals surface area (Å²) in [5, 5.41) is 15.8. The van der Waals surface area contributed by atoms with Crippen molar-refractivity contribution in [3.05, 3.63) is 46.0 Å². The van der Waals surface area contributed by atoms with Crippen LogP contribution >= 0.6 is 11.6 Å². The highest BCUT2D eigenvalue weighted by molar-refractivity contribution is 6.30. The molecule has 1 saturated heterocycles. The van der Waals surface area contributed by atoms with Crippen LogP contribution in [0.1, 0.15) is 18.9 Å². The molecule has 1 aliphatic heterocycles. The number of halogens is 1. The molecule has 0 radical (unpaired) electrons. The van der Waals surface area contributed by atoms with Gasteiger partial charge in [0.25, 0.3) is 5.69 Å². The van der Waals surface area contributed by atoms with Crippen LogP contribution in [0, 0.1) is 10.1 Å². The molecule has 3 rings (SSSR count). The maximum atomic E-state index is 11.2. The Labute approximate surface area is 126 Å². The van der Waals surface area contributed by atoms with Gasteiger partial charge in [0.1, 0.15) is 18.3 Å². The average Bonchev–Trinajstić information content (AvgIpc) is 3.01. The monoisotopic (exact) mass is 307 g/mol. The van der Waals surface area contributed by atoms with Gasteiger partial charge in [-0.1, -0.05) is 11.6 Å². The predicted molar refractivity (Wildman–Crippen MR) is 78.6 cm³/mol. The molecule has 1 fully saturated rings. The summed E-state index contributed by atoms with van der Waals surface area (Å²) in [6.07, 6.45) is 5.12. The van der Waals surface area contributed by atoms with Crippen molar-refractivity contribution >= 4 is 23.0 Å². The summed E-state index contributed by atoms with van der Waals surface area (Å²) in [7, 11) is 0. The van der Waals surface area contributed by atoms with Gasteiger partial charge in [-0.25, -0.2) is 9.67 Å². The number of aromatic nitrogens is 3. The van der Waals surface area contributed by atoms with Gasteiger partial charge in [-0.05, 0) is 25.0 Å². The maximum absolute atomic E-state index is 11.2. The molecule has 1 unspecified atom stereocenters. The smallest absolute Gasteiger partial charge is 0.294 e. The van der Waals surface area contributed by atoms with Gasteiger partial charge >= 0.3 is 0 Å². The fraction of sp³-hybridized carbons (Fsp3) is 0.385. The van der Waals surface area contributed by atoms with Crippen molar-refractivity contribution in [3.8, 4) is 0 Å². The predicted octanol–water partition coefficient (Wildman–Crippen LogP) is 2.68. The molecule has 110 valence electrons. The van der Waals surface area contributed by atoms with Crippen LogP contribution in [0.15, 0.2) is 30.9 Å². The minimum atomic E-state index is -0.389. The Kier molecular flexibility index (Phi) is 3.74. The van der Waals surface area contributed by atoms with Gasteiger partial charge in [-0.3, -0.25) is 10.1 Å². The average molecular weight is 308 g/mol. The maximum Gasteiger partial charge on any atom is 0.294 e. The van der Waals surface area contributed by atoms with E-state index in [0.29, 0.717) is 17.3 Å². The normalized spacial score (nSPS) is 18.7. The molecule has 0 N–H and O–H groups in total. The Morgan fingerprint density at radius 2 is 2.29 bits per heavy atom. The molecule has 0 saturated carbocycles. The second-order valence-corrected chi connectivity index (χ2v) is 5.44. The Morgan fingerprint density at radius 3 is 3.00 bits per heavy atom. The van der Waals surface area contributed by atoms with E-state index in [1.807, 2.05) is 9.58 Å². The van der Waals surface area contributed by atoms with Gasteiger partial charge in [0, 0.05) is 24.2 Å². The summed E-state index contributed by atoms with van der Waals surface area (Å²) < 4.78 is 1.81. The number of rotatable bonds is 3. The lowest BCUT2D eigenvalue weighted by Crippen LogP contribution is -2.37. The van der Waals surface area contributed by atoms with Crippen LogP contribution < -0.4 is 4.90 Å². The molecule has 0 amide bonds. The van der Waals surface area contributed by atoms with Crippen LogP contribution in [0.3, 0.4) is 0 Å². The first kappa shape index (κ1) is 13.8. The summed E-state index contributed by atoms with van der Waals surface area (Å²) in [6.45, 7) is 1.46. The second-order valence-electron chi connectivity index (χ2n) is 5.01. The van der Waals surface area contributed by atoms with E-state index in [4.69, 9.17) is 11.6 Å². The van der Waals surface area contributed by atoms with Crippen molar-refractivity contribution in [2.24, 2.45) is 0 Å². The van der Waals surface area contributed by atoms with Crippen molar-refractivity contribution in [2.75, 3.05) is 18.0 Å². The van der Waals surface area contributed by atoms with Crippen LogP contribution in [0.25, 0.3) is 0 Å². The number of nitrogens with zero attached hydrogens (tertiary/aromatic N) is 5. The Morgan fingerprint density at radius 1 is 1.43 bits per heavy atom. The molecular formula is C13H14ClN5O2. The zero-order valence-corrected chi connectivity index (χ0v) is 12.0. The van der Waals surface area contributed by atoms with E-state index in [1.54, 1.807) is 18.5 Å². The summed E-state index contributed by atoms with van der Waals surface area (Å²) in [5.41, 5.74) is 0.649. The highest BCUT2D eigenvalue weighted by Crippen LogP contribution is 2.34. The Balaban J connectivity index is 1.88. The lowest BCUT2D eigenvalue weighted by atomic mass is 10.0. The fourth-order valence-corrected chi connectivity index (χ4v) is 2.87. The molecule has 1 aromatic heterocycles. The summed E-state index contributed by atoms with van der Waals surface area (Å²) in [5.74, 6) is 0. The number of piperidine rings is 1. The van der Waals surface area contributed by atoms with Crippen LogP contribution in [-0.2, 0) is 0 Å². The van der Waals surface area contributed by atoms with E-state index < -0.39 is 0 Å². The Hall–Kier alpha value is -2.15. The first-order chi connectivity index (χ1) is 10.1. The van der Waals surface area contributed by atoms with E-state index in [1.165, 1.54) is 12.4 Å². The summed E-state index contributed by atoms with van der Waals surface area (Å²) >= 11 is 5.86. The third-order valence-corrected chi connectivity index (χ3v) is 3.92. The first-order valence-corrected chi connectivity index (χ1v) is 7.06. The molecule has 0 spiro atoms. The van der Waals surface area contributed by atoms with Crippen molar-refractivity contribution in [2.45, 2.75) is 18.9 Å². The van der Waals surface area contributed by atoms with Gasteiger partial charge in [0.15, 0.2) is 0 Å². The van der Waals surface area contributed by atoms with Gasteiger partial charge in [-0.2, -0.15) is 5.10 Å². The Bertz CT molecular complexity index is 646. The number of anilines is 1. The van der Waals surface area contributed by atoms with Crippen molar-refractivity contribution in [3.63, 3.8) is 0 Å². The molecule has 0 bridgehead atoms.